The van der Waals surface area contributed by atoms with Crippen LogP contribution < -0.4 is 0 Å². The highest BCUT2D eigenvalue weighted by Gasteiger charge is 2.18. The molecular weight excluding hydrogens is 655 g/mol. The van der Waals surface area contributed by atoms with Crippen molar-refractivity contribution in [3.8, 4) is 56.2 Å². The molecule has 8 aromatic carbocycles. The third-order valence-electron chi connectivity index (χ3n) is 10.5. The molecule has 0 aliphatic carbocycles. The molecule has 0 bridgehead atoms. The van der Waals surface area contributed by atoms with E-state index in [0.29, 0.717) is 5.82 Å². The van der Waals surface area contributed by atoms with Crippen molar-refractivity contribution in [1.82, 2.24) is 15.0 Å². The van der Waals surface area contributed by atoms with E-state index in [4.69, 9.17) is 15.0 Å². The van der Waals surface area contributed by atoms with Gasteiger partial charge in [-0.2, -0.15) is 0 Å². The van der Waals surface area contributed by atoms with Gasteiger partial charge in [-0.3, -0.25) is 4.98 Å². The van der Waals surface area contributed by atoms with Gasteiger partial charge in [0.05, 0.1) is 11.4 Å². The highest BCUT2D eigenvalue weighted by atomic mass is 14.9. The summed E-state index contributed by atoms with van der Waals surface area (Å²) in [6.45, 7) is 4.12. The molecule has 0 aliphatic rings. The topological polar surface area (TPSA) is 38.7 Å². The van der Waals surface area contributed by atoms with Gasteiger partial charge in [0.2, 0.25) is 0 Å². The summed E-state index contributed by atoms with van der Waals surface area (Å²) in [6, 6.07) is 63.0. The van der Waals surface area contributed by atoms with Gasteiger partial charge in [-0.15, -0.1) is 0 Å². The van der Waals surface area contributed by atoms with Crippen molar-refractivity contribution in [2.45, 2.75) is 13.8 Å². The highest BCUT2D eigenvalue weighted by Crippen LogP contribution is 2.40. The Labute approximate surface area is 314 Å². The van der Waals surface area contributed by atoms with Crippen molar-refractivity contribution in [3.05, 3.63) is 187 Å². The number of rotatable bonds is 5. The number of pyridine rings is 1. The van der Waals surface area contributed by atoms with Crippen LogP contribution in [0.25, 0.3) is 99.2 Å². The van der Waals surface area contributed by atoms with E-state index in [1.807, 2.05) is 0 Å². The summed E-state index contributed by atoms with van der Waals surface area (Å²) < 4.78 is 0. The maximum absolute atomic E-state index is 5.42. The maximum Gasteiger partial charge on any atom is 0.160 e. The smallest absolute Gasteiger partial charge is 0.160 e. The second-order valence-corrected chi connectivity index (χ2v) is 14.1. The number of aromatic nitrogens is 3. The van der Waals surface area contributed by atoms with Crippen molar-refractivity contribution in [2.24, 2.45) is 0 Å². The number of hydrogen-bond donors (Lipinski definition) is 0. The number of nitrogens with zero attached hydrogens (tertiary/aromatic N) is 3. The molecule has 10 rings (SSSR count). The summed E-state index contributed by atoms with van der Waals surface area (Å²) in [5, 5.41) is 9.58. The Balaban J connectivity index is 1.28. The van der Waals surface area contributed by atoms with Gasteiger partial charge in [0.1, 0.15) is 0 Å². The molecule has 3 heteroatoms. The van der Waals surface area contributed by atoms with Crippen LogP contribution in [0.2, 0.25) is 0 Å². The first-order valence-corrected chi connectivity index (χ1v) is 18.4. The molecule has 0 unspecified atom stereocenters. The minimum absolute atomic E-state index is 0.680. The zero-order chi connectivity index (χ0) is 36.2. The molecule has 10 aromatic rings. The Hall–Kier alpha value is -6.97. The van der Waals surface area contributed by atoms with E-state index in [2.05, 4.69) is 190 Å². The molecule has 2 heterocycles. The number of benzene rings is 8. The summed E-state index contributed by atoms with van der Waals surface area (Å²) in [4.78, 5) is 15.6. The Morgan fingerprint density at radius 3 is 1.39 bits per heavy atom. The van der Waals surface area contributed by atoms with E-state index in [-0.39, 0.29) is 0 Å². The molecule has 0 fully saturated rings. The van der Waals surface area contributed by atoms with E-state index in [0.717, 1.165) is 66.9 Å². The van der Waals surface area contributed by atoms with E-state index >= 15 is 0 Å². The van der Waals surface area contributed by atoms with Gasteiger partial charge in [0, 0.05) is 28.1 Å². The van der Waals surface area contributed by atoms with E-state index in [1.165, 1.54) is 37.9 Å². The Bertz CT molecular complexity index is 2960. The van der Waals surface area contributed by atoms with E-state index in [9.17, 15) is 0 Å². The first-order chi connectivity index (χ1) is 26.6. The third kappa shape index (κ3) is 5.58. The van der Waals surface area contributed by atoms with E-state index in [1.54, 1.807) is 0 Å². The maximum atomic E-state index is 5.42. The van der Waals surface area contributed by atoms with E-state index < -0.39 is 0 Å². The van der Waals surface area contributed by atoms with Gasteiger partial charge in [0.25, 0.3) is 0 Å². The lowest BCUT2D eigenvalue weighted by molar-refractivity contribution is 1.12. The Morgan fingerprint density at radius 2 is 0.759 bits per heavy atom. The van der Waals surface area contributed by atoms with Crippen molar-refractivity contribution >= 4 is 43.1 Å². The molecule has 0 spiro atoms. The summed E-state index contributed by atoms with van der Waals surface area (Å²) in [5.41, 5.74) is 11.4. The number of fused-ring (bicyclic) bond motifs is 5. The Kier molecular flexibility index (Phi) is 7.59. The summed E-state index contributed by atoms with van der Waals surface area (Å²) in [6.07, 6.45) is 0. The largest absolute Gasteiger partial charge is 0.258 e. The number of aryl methyl sites for hydroxylation is 2. The summed E-state index contributed by atoms with van der Waals surface area (Å²) >= 11 is 0. The summed E-state index contributed by atoms with van der Waals surface area (Å²) in [7, 11) is 0. The van der Waals surface area contributed by atoms with Crippen LogP contribution in [0.4, 0.5) is 0 Å². The third-order valence-corrected chi connectivity index (χ3v) is 10.5. The van der Waals surface area contributed by atoms with Crippen molar-refractivity contribution < 1.29 is 0 Å². The lowest BCUT2D eigenvalue weighted by Gasteiger charge is -2.16. The van der Waals surface area contributed by atoms with Crippen LogP contribution in [0.3, 0.4) is 0 Å². The van der Waals surface area contributed by atoms with Crippen LogP contribution in [0.5, 0.6) is 0 Å². The van der Waals surface area contributed by atoms with Gasteiger partial charge in [-0.1, -0.05) is 133 Å². The van der Waals surface area contributed by atoms with Gasteiger partial charge in [-0.05, 0) is 122 Å². The fourth-order valence-corrected chi connectivity index (χ4v) is 8.12. The van der Waals surface area contributed by atoms with Gasteiger partial charge < -0.3 is 0 Å². The predicted molar refractivity (Wildman–Crippen MR) is 227 cm³/mol. The van der Waals surface area contributed by atoms with Crippen LogP contribution in [-0.2, 0) is 0 Å². The molecule has 54 heavy (non-hydrogen) atoms. The standard InChI is InChI=1S/C51H35N3/c1-32-25-37(26-33(2)52-32)38-27-39(48-30-36-15-5-8-20-43(36)44-21-9-10-22-45(44)48)29-40(28-38)51-53-49(46-23-11-16-34-13-3-6-18-41(34)46)31-50(54-51)47-24-12-17-35-14-4-7-19-42(35)47/h3-31H,1-2H3. The molecule has 0 N–H and O–H groups in total. The molecule has 0 atom stereocenters. The summed E-state index contributed by atoms with van der Waals surface area (Å²) in [5.74, 6) is 0.680. The quantitative estimate of drug-likeness (QED) is 0.169. The van der Waals surface area contributed by atoms with Crippen LogP contribution in [0, 0.1) is 13.8 Å². The Morgan fingerprint density at radius 1 is 0.296 bits per heavy atom. The highest BCUT2D eigenvalue weighted by molar-refractivity contribution is 6.14. The van der Waals surface area contributed by atoms with Crippen LogP contribution in [0.15, 0.2) is 176 Å². The first kappa shape index (κ1) is 31.7. The minimum atomic E-state index is 0.680. The average molecular weight is 690 g/mol. The second kappa shape index (κ2) is 12.9. The molecule has 0 radical (unpaired) electrons. The van der Waals surface area contributed by atoms with Crippen molar-refractivity contribution in [2.75, 3.05) is 0 Å². The van der Waals surface area contributed by atoms with Crippen molar-refractivity contribution in [1.29, 1.82) is 0 Å². The van der Waals surface area contributed by atoms with Crippen LogP contribution >= 0.6 is 0 Å². The fraction of sp³-hybridized carbons (Fsp3) is 0.0392. The molecule has 0 saturated heterocycles. The van der Waals surface area contributed by atoms with Crippen molar-refractivity contribution in [3.63, 3.8) is 0 Å². The normalized spacial score (nSPS) is 11.5. The molecular formula is C51H35N3. The monoisotopic (exact) mass is 689 g/mol. The SMILES string of the molecule is Cc1cc(-c2cc(-c3nc(-c4cccc5ccccc45)cc(-c4cccc5ccccc45)n3)cc(-c3cc4ccccc4c4ccccc34)c2)cc(C)n1. The van der Waals surface area contributed by atoms with Crippen LogP contribution in [-0.4, -0.2) is 15.0 Å². The molecule has 0 amide bonds. The second-order valence-electron chi connectivity index (χ2n) is 14.1. The number of hydrogen-bond acceptors (Lipinski definition) is 3. The molecule has 3 nitrogen and oxygen atoms in total. The molecule has 254 valence electrons. The minimum Gasteiger partial charge on any atom is -0.258 e. The first-order valence-electron chi connectivity index (χ1n) is 18.4. The molecule has 2 aromatic heterocycles. The van der Waals surface area contributed by atoms with Crippen LogP contribution in [0.1, 0.15) is 11.4 Å². The average Bonchev–Trinajstić information content (AvgIpc) is 3.22. The zero-order valence-electron chi connectivity index (χ0n) is 30.1. The lowest BCUT2D eigenvalue weighted by Crippen LogP contribution is -1.98. The lowest BCUT2D eigenvalue weighted by atomic mass is 9.90. The van der Waals surface area contributed by atoms with Gasteiger partial charge >= 0.3 is 0 Å². The predicted octanol–water partition coefficient (Wildman–Crippen LogP) is 13.4. The molecule has 0 saturated carbocycles. The van der Waals surface area contributed by atoms with Gasteiger partial charge in [-0.25, -0.2) is 9.97 Å². The molecule has 0 aliphatic heterocycles. The fourth-order valence-electron chi connectivity index (χ4n) is 8.12. The van der Waals surface area contributed by atoms with Gasteiger partial charge in [0.15, 0.2) is 5.82 Å². The zero-order valence-corrected chi connectivity index (χ0v) is 30.1.